The van der Waals surface area contributed by atoms with Crippen LogP contribution in [0.25, 0.3) is 0 Å². The number of carbonyl (C=O) groups is 1. The summed E-state index contributed by atoms with van der Waals surface area (Å²) in [6, 6.07) is 15.8. The monoisotopic (exact) mass is 382 g/mol. The quantitative estimate of drug-likeness (QED) is 0.675. The fourth-order valence-corrected chi connectivity index (χ4v) is 3.09. The summed E-state index contributed by atoms with van der Waals surface area (Å²) in [5, 5.41) is 10.0. The zero-order chi connectivity index (χ0) is 20.1. The van der Waals surface area contributed by atoms with Gasteiger partial charge < -0.3 is 14.6 Å². The molecule has 0 aliphatic carbocycles. The molecule has 0 aliphatic rings. The van der Waals surface area contributed by atoms with Crippen molar-refractivity contribution in [2.45, 2.75) is 18.6 Å². The molecule has 3 aromatic rings. The van der Waals surface area contributed by atoms with E-state index in [2.05, 4.69) is 9.97 Å². The molecular weight excluding hydrogens is 363 g/mol. The summed E-state index contributed by atoms with van der Waals surface area (Å²) >= 11 is 0. The fraction of sp³-hybridized carbons (Fsp3) is 0.190. The molecule has 1 aromatic heterocycles. The Balaban J connectivity index is 2.20. The lowest BCUT2D eigenvalue weighted by atomic mass is 9.81. The van der Waals surface area contributed by atoms with Crippen LogP contribution in [0, 0.1) is 12.7 Å². The molecule has 7 heteroatoms. The molecule has 0 bridgehead atoms. The number of hydrogen-bond acceptors (Lipinski definition) is 5. The van der Waals surface area contributed by atoms with Crippen LogP contribution in [-0.4, -0.2) is 34.3 Å². The molecule has 6 nitrogen and oxygen atoms in total. The van der Waals surface area contributed by atoms with Gasteiger partial charge in [0, 0.05) is 19.0 Å². The minimum Gasteiger partial charge on any atom is -0.478 e. The van der Waals surface area contributed by atoms with Crippen LogP contribution in [0.15, 0.2) is 66.9 Å². The van der Waals surface area contributed by atoms with E-state index in [9.17, 15) is 14.3 Å². The van der Waals surface area contributed by atoms with Crippen LogP contribution in [-0.2, 0) is 15.1 Å². The van der Waals surface area contributed by atoms with Gasteiger partial charge in [0.05, 0.1) is 0 Å². The van der Waals surface area contributed by atoms with Gasteiger partial charge in [-0.3, -0.25) is 0 Å². The first-order chi connectivity index (χ1) is 13.5. The number of aryl methyl sites for hydroxylation is 1. The largest absolute Gasteiger partial charge is 0.478 e. The highest BCUT2D eigenvalue weighted by Crippen LogP contribution is 2.38. The van der Waals surface area contributed by atoms with E-state index < -0.39 is 23.5 Å². The molecule has 144 valence electrons. The zero-order valence-electron chi connectivity index (χ0n) is 15.4. The van der Waals surface area contributed by atoms with E-state index in [1.54, 1.807) is 43.3 Å². The molecule has 0 fully saturated rings. The van der Waals surface area contributed by atoms with E-state index in [1.807, 2.05) is 0 Å². The maximum absolute atomic E-state index is 13.5. The topological polar surface area (TPSA) is 81.5 Å². The zero-order valence-corrected chi connectivity index (χ0v) is 15.4. The molecule has 1 heterocycles. The molecule has 2 aromatic carbocycles. The minimum atomic E-state index is -1.56. The second kappa shape index (κ2) is 8.14. The molecule has 1 N–H and O–H groups in total. The lowest BCUT2D eigenvalue weighted by Gasteiger charge is -2.37. The number of ether oxygens (including phenoxy) is 2. The van der Waals surface area contributed by atoms with Gasteiger partial charge in [0.2, 0.25) is 6.10 Å². The van der Waals surface area contributed by atoms with Crippen LogP contribution in [0.1, 0.15) is 16.8 Å². The lowest BCUT2D eigenvalue weighted by Crippen LogP contribution is -2.50. The molecule has 28 heavy (non-hydrogen) atoms. The van der Waals surface area contributed by atoms with Crippen molar-refractivity contribution in [2.24, 2.45) is 0 Å². The summed E-state index contributed by atoms with van der Waals surface area (Å²) in [6.45, 7) is 1.74. The lowest BCUT2D eigenvalue weighted by molar-refractivity contribution is -0.160. The van der Waals surface area contributed by atoms with E-state index in [0.29, 0.717) is 16.8 Å². The van der Waals surface area contributed by atoms with Gasteiger partial charge in [-0.2, -0.15) is 0 Å². The minimum absolute atomic E-state index is 0.0909. The Kier molecular flexibility index (Phi) is 5.65. The van der Waals surface area contributed by atoms with Gasteiger partial charge in [-0.1, -0.05) is 42.5 Å². The van der Waals surface area contributed by atoms with Gasteiger partial charge in [0.25, 0.3) is 0 Å². The molecule has 3 rings (SSSR count). The Bertz CT molecular complexity index is 950. The van der Waals surface area contributed by atoms with Crippen molar-refractivity contribution in [1.82, 2.24) is 9.97 Å². The number of nitrogens with zero attached hydrogens (tertiary/aromatic N) is 2. The summed E-state index contributed by atoms with van der Waals surface area (Å²) in [7, 11) is 1.38. The summed E-state index contributed by atoms with van der Waals surface area (Å²) in [4.78, 5) is 20.4. The first kappa shape index (κ1) is 19.4. The highest BCUT2D eigenvalue weighted by molar-refractivity contribution is 5.76. The Morgan fingerprint density at radius 1 is 1.07 bits per heavy atom. The molecule has 0 spiro atoms. The predicted octanol–water partition coefficient (Wildman–Crippen LogP) is 3.35. The van der Waals surface area contributed by atoms with E-state index in [1.165, 1.54) is 37.6 Å². The van der Waals surface area contributed by atoms with E-state index in [0.717, 1.165) is 0 Å². The number of aliphatic carboxylic acids is 1. The van der Waals surface area contributed by atoms with Crippen LogP contribution in [0.3, 0.4) is 0 Å². The molecule has 0 saturated carbocycles. The smallest absolute Gasteiger partial charge is 0.348 e. The number of aromatic nitrogens is 2. The third-order valence-corrected chi connectivity index (χ3v) is 4.39. The molecule has 0 unspecified atom stereocenters. The standard InChI is InChI=1S/C21H19FN2O4/c1-14-12-13-23-20(24-14)28-18(19(25)26)21(27-2,15-6-4-3-5-7-15)16-8-10-17(22)11-9-16/h3-13,18H,1-2H3,(H,25,26)/t18-,21-/m0/s1. The molecule has 0 saturated heterocycles. The maximum Gasteiger partial charge on any atom is 0.348 e. The number of carboxylic acid groups (broad SMARTS) is 1. The second-order valence-corrected chi connectivity index (χ2v) is 6.13. The number of methoxy groups -OCH3 is 1. The Hall–Kier alpha value is -3.32. The van der Waals surface area contributed by atoms with Crippen LogP contribution in [0.4, 0.5) is 4.39 Å². The Morgan fingerprint density at radius 2 is 1.71 bits per heavy atom. The van der Waals surface area contributed by atoms with Crippen molar-refractivity contribution in [3.63, 3.8) is 0 Å². The predicted molar refractivity (Wildman–Crippen MR) is 99.5 cm³/mol. The number of carboxylic acids is 1. The van der Waals surface area contributed by atoms with Crippen LogP contribution < -0.4 is 4.74 Å². The number of benzene rings is 2. The van der Waals surface area contributed by atoms with Crippen LogP contribution in [0.2, 0.25) is 0 Å². The summed E-state index contributed by atoms with van der Waals surface area (Å²) in [5.41, 5.74) is 0.0129. The molecule has 0 aliphatic heterocycles. The average Bonchev–Trinajstić information content (AvgIpc) is 2.70. The summed E-state index contributed by atoms with van der Waals surface area (Å²) in [6.07, 6.45) is -0.0574. The Morgan fingerprint density at radius 3 is 2.29 bits per heavy atom. The Labute approximate surface area is 161 Å². The SMILES string of the molecule is CO[C@@](c1ccccc1)(c1ccc(F)cc1)[C@@H](Oc1nccc(C)n1)C(=O)O. The van der Waals surface area contributed by atoms with Crippen molar-refractivity contribution < 1.29 is 23.8 Å². The molecular formula is C21H19FN2O4. The van der Waals surface area contributed by atoms with E-state index >= 15 is 0 Å². The fourth-order valence-electron chi connectivity index (χ4n) is 3.09. The van der Waals surface area contributed by atoms with E-state index in [4.69, 9.17) is 9.47 Å². The second-order valence-electron chi connectivity index (χ2n) is 6.13. The van der Waals surface area contributed by atoms with E-state index in [-0.39, 0.29) is 6.01 Å². The highest BCUT2D eigenvalue weighted by Gasteiger charge is 2.49. The molecule has 0 radical (unpaired) electrons. The van der Waals surface area contributed by atoms with Gasteiger partial charge in [-0.15, -0.1) is 0 Å². The van der Waals surface area contributed by atoms with Gasteiger partial charge in [0.1, 0.15) is 5.82 Å². The third-order valence-electron chi connectivity index (χ3n) is 4.39. The van der Waals surface area contributed by atoms with Gasteiger partial charge in [-0.25, -0.2) is 19.2 Å². The average molecular weight is 382 g/mol. The van der Waals surface area contributed by atoms with Crippen molar-refractivity contribution in [3.8, 4) is 6.01 Å². The van der Waals surface area contributed by atoms with Crippen molar-refractivity contribution in [1.29, 1.82) is 0 Å². The van der Waals surface area contributed by atoms with Crippen LogP contribution >= 0.6 is 0 Å². The maximum atomic E-state index is 13.5. The van der Waals surface area contributed by atoms with Gasteiger partial charge >= 0.3 is 12.0 Å². The normalized spacial score (nSPS) is 14.1. The first-order valence-corrected chi connectivity index (χ1v) is 8.53. The van der Waals surface area contributed by atoms with Crippen molar-refractivity contribution in [2.75, 3.05) is 7.11 Å². The van der Waals surface area contributed by atoms with Gasteiger partial charge in [-0.05, 0) is 36.2 Å². The number of rotatable bonds is 7. The molecule has 0 amide bonds. The third kappa shape index (κ3) is 3.70. The van der Waals surface area contributed by atoms with Gasteiger partial charge in [0.15, 0.2) is 5.60 Å². The summed E-state index contributed by atoms with van der Waals surface area (Å²) < 4.78 is 25.0. The summed E-state index contributed by atoms with van der Waals surface area (Å²) in [5.74, 6) is -1.73. The number of halogens is 1. The number of hydrogen-bond donors (Lipinski definition) is 1. The first-order valence-electron chi connectivity index (χ1n) is 8.53. The highest BCUT2D eigenvalue weighted by atomic mass is 19.1. The van der Waals surface area contributed by atoms with Crippen LogP contribution in [0.5, 0.6) is 6.01 Å². The molecule has 2 atom stereocenters. The van der Waals surface area contributed by atoms with Crippen molar-refractivity contribution in [3.05, 3.63) is 89.5 Å². The van der Waals surface area contributed by atoms with Crippen molar-refractivity contribution >= 4 is 5.97 Å².